The van der Waals surface area contributed by atoms with Crippen LogP contribution in [0.3, 0.4) is 0 Å². The van der Waals surface area contributed by atoms with Gasteiger partial charge in [-0.15, -0.1) is 11.3 Å². The van der Waals surface area contributed by atoms with Crippen molar-refractivity contribution >= 4 is 27.3 Å². The lowest BCUT2D eigenvalue weighted by molar-refractivity contribution is 0.521. The molecule has 0 saturated heterocycles. The Labute approximate surface area is 127 Å². The van der Waals surface area contributed by atoms with Crippen LogP contribution in [-0.2, 0) is 0 Å². The predicted molar refractivity (Wildman–Crippen MR) is 85.6 cm³/mol. The molecular weight excluding hydrogens is 318 g/mol. The van der Waals surface area contributed by atoms with E-state index < -0.39 is 0 Å². The first-order chi connectivity index (χ1) is 9.28. The Hall–Kier alpha value is -0.670. The van der Waals surface area contributed by atoms with Gasteiger partial charge in [0.2, 0.25) is 0 Å². The first-order valence-corrected chi connectivity index (χ1v) is 8.65. The molecule has 100 valence electrons. The monoisotopic (exact) mass is 335 g/mol. The van der Waals surface area contributed by atoms with Gasteiger partial charge in [0.05, 0.1) is 10.7 Å². The second kappa shape index (κ2) is 5.76. The predicted octanol–water partition coefficient (Wildman–Crippen LogP) is 5.87. The highest BCUT2D eigenvalue weighted by molar-refractivity contribution is 9.10. The molecule has 1 aliphatic rings. The zero-order valence-corrected chi connectivity index (χ0v) is 13.5. The summed E-state index contributed by atoms with van der Waals surface area (Å²) in [5, 5.41) is 3.54. The van der Waals surface area contributed by atoms with Crippen LogP contribution < -0.4 is 0 Å². The molecule has 1 aromatic heterocycles. The summed E-state index contributed by atoms with van der Waals surface area (Å²) in [5.41, 5.74) is 2.32. The van der Waals surface area contributed by atoms with E-state index in [-0.39, 0.29) is 0 Å². The van der Waals surface area contributed by atoms with E-state index in [0.717, 1.165) is 16.1 Å². The van der Waals surface area contributed by atoms with Crippen LogP contribution in [0.15, 0.2) is 34.1 Å². The third-order valence-electron chi connectivity index (χ3n) is 4.14. The van der Waals surface area contributed by atoms with Crippen LogP contribution in [0.1, 0.15) is 43.5 Å². The molecule has 1 aromatic carbocycles. The summed E-state index contributed by atoms with van der Waals surface area (Å²) in [5.74, 6) is 1.62. The summed E-state index contributed by atoms with van der Waals surface area (Å²) in [6.45, 7) is 2.31. The van der Waals surface area contributed by atoms with Gasteiger partial charge >= 0.3 is 0 Å². The van der Waals surface area contributed by atoms with Crippen molar-refractivity contribution in [2.75, 3.05) is 0 Å². The van der Waals surface area contributed by atoms with E-state index in [9.17, 15) is 0 Å². The summed E-state index contributed by atoms with van der Waals surface area (Å²) < 4.78 is 1.13. The number of halogens is 1. The lowest BCUT2D eigenvalue weighted by Gasteiger charge is -2.06. The van der Waals surface area contributed by atoms with Gasteiger partial charge in [0.1, 0.15) is 0 Å². The number of thiazole rings is 1. The van der Waals surface area contributed by atoms with Gasteiger partial charge in [0.15, 0.2) is 0 Å². The first kappa shape index (κ1) is 13.3. The number of rotatable bonds is 3. The molecule has 0 bridgehead atoms. The van der Waals surface area contributed by atoms with Crippen LogP contribution in [0.25, 0.3) is 11.3 Å². The van der Waals surface area contributed by atoms with E-state index in [1.807, 2.05) is 17.4 Å². The SMILES string of the molecule is CCC1CCC(c2nc(-c3ccccc3Br)cs2)C1. The van der Waals surface area contributed by atoms with Crippen molar-refractivity contribution in [1.82, 2.24) is 4.98 Å². The van der Waals surface area contributed by atoms with Crippen molar-refractivity contribution in [1.29, 1.82) is 0 Å². The summed E-state index contributed by atoms with van der Waals surface area (Å²) in [6.07, 6.45) is 5.35. The summed E-state index contributed by atoms with van der Waals surface area (Å²) in [7, 11) is 0. The second-order valence-corrected chi connectivity index (χ2v) is 7.08. The van der Waals surface area contributed by atoms with Gasteiger partial charge in [0, 0.05) is 21.3 Å². The lowest BCUT2D eigenvalue weighted by Crippen LogP contribution is -1.94. The minimum Gasteiger partial charge on any atom is -0.241 e. The van der Waals surface area contributed by atoms with E-state index in [1.54, 1.807) is 0 Å². The molecule has 2 atom stereocenters. The quantitative estimate of drug-likeness (QED) is 0.683. The summed E-state index contributed by atoms with van der Waals surface area (Å²) >= 11 is 5.44. The van der Waals surface area contributed by atoms with Gasteiger partial charge in [0.25, 0.3) is 0 Å². The highest BCUT2D eigenvalue weighted by Crippen LogP contribution is 2.41. The standard InChI is InChI=1S/C16H18BrNS/c1-2-11-7-8-12(9-11)16-18-15(10-19-16)13-5-3-4-6-14(13)17/h3-6,10-12H,2,7-9H2,1H3. The van der Waals surface area contributed by atoms with Crippen LogP contribution in [0, 0.1) is 5.92 Å². The molecule has 0 spiro atoms. The van der Waals surface area contributed by atoms with E-state index >= 15 is 0 Å². The third kappa shape index (κ3) is 2.77. The maximum absolute atomic E-state index is 4.88. The number of benzene rings is 1. The van der Waals surface area contributed by atoms with Crippen LogP contribution in [0.2, 0.25) is 0 Å². The first-order valence-electron chi connectivity index (χ1n) is 6.98. The summed E-state index contributed by atoms with van der Waals surface area (Å²) in [6, 6.07) is 8.33. The van der Waals surface area contributed by atoms with Crippen molar-refractivity contribution in [2.24, 2.45) is 5.92 Å². The Morgan fingerprint density at radius 3 is 2.89 bits per heavy atom. The Morgan fingerprint density at radius 1 is 1.32 bits per heavy atom. The zero-order chi connectivity index (χ0) is 13.2. The average Bonchev–Trinajstić information content (AvgIpc) is 3.08. The largest absolute Gasteiger partial charge is 0.241 e. The molecular formula is C16H18BrNS. The fraction of sp³-hybridized carbons (Fsp3) is 0.438. The van der Waals surface area contributed by atoms with E-state index in [0.29, 0.717) is 5.92 Å². The maximum atomic E-state index is 4.88. The molecule has 19 heavy (non-hydrogen) atoms. The Balaban J connectivity index is 1.82. The molecule has 1 saturated carbocycles. The smallest absolute Gasteiger partial charge is 0.0963 e. The normalized spacial score (nSPS) is 22.8. The Bertz CT molecular complexity index is 563. The Kier molecular flexibility index (Phi) is 4.04. The van der Waals surface area contributed by atoms with Gasteiger partial charge in [-0.2, -0.15) is 0 Å². The van der Waals surface area contributed by atoms with Crippen molar-refractivity contribution in [3.05, 3.63) is 39.1 Å². The molecule has 1 nitrogen and oxygen atoms in total. The minimum absolute atomic E-state index is 0.700. The molecule has 0 N–H and O–H groups in total. The highest BCUT2D eigenvalue weighted by atomic mass is 79.9. The van der Waals surface area contributed by atoms with Crippen LogP contribution in [-0.4, -0.2) is 4.98 Å². The minimum atomic E-state index is 0.700. The molecule has 3 rings (SSSR count). The number of hydrogen-bond acceptors (Lipinski definition) is 2. The van der Waals surface area contributed by atoms with Crippen LogP contribution >= 0.6 is 27.3 Å². The summed E-state index contributed by atoms with van der Waals surface area (Å²) in [4.78, 5) is 4.88. The fourth-order valence-corrected chi connectivity index (χ4v) is 4.40. The second-order valence-electron chi connectivity index (χ2n) is 5.34. The number of hydrogen-bond donors (Lipinski definition) is 0. The third-order valence-corrected chi connectivity index (χ3v) is 5.84. The van der Waals surface area contributed by atoms with Crippen LogP contribution in [0.4, 0.5) is 0 Å². The Morgan fingerprint density at radius 2 is 2.16 bits per heavy atom. The molecule has 0 aliphatic heterocycles. The highest BCUT2D eigenvalue weighted by Gasteiger charge is 2.26. The van der Waals surface area contributed by atoms with Gasteiger partial charge in [-0.25, -0.2) is 4.98 Å². The molecule has 2 unspecified atom stereocenters. The zero-order valence-electron chi connectivity index (χ0n) is 11.1. The molecule has 1 fully saturated rings. The van der Waals surface area contributed by atoms with E-state index in [4.69, 9.17) is 4.98 Å². The van der Waals surface area contributed by atoms with E-state index in [1.165, 1.54) is 36.3 Å². The molecule has 2 aromatic rings. The van der Waals surface area contributed by atoms with E-state index in [2.05, 4.69) is 46.4 Å². The lowest BCUT2D eigenvalue weighted by atomic mass is 10.0. The average molecular weight is 336 g/mol. The molecule has 3 heteroatoms. The van der Waals surface area contributed by atoms with Crippen molar-refractivity contribution in [3.63, 3.8) is 0 Å². The molecule has 1 aliphatic carbocycles. The van der Waals surface area contributed by atoms with Gasteiger partial charge in [-0.3, -0.25) is 0 Å². The van der Waals surface area contributed by atoms with Gasteiger partial charge < -0.3 is 0 Å². The maximum Gasteiger partial charge on any atom is 0.0963 e. The molecule has 1 heterocycles. The topological polar surface area (TPSA) is 12.9 Å². The van der Waals surface area contributed by atoms with Crippen molar-refractivity contribution in [2.45, 2.75) is 38.5 Å². The van der Waals surface area contributed by atoms with Crippen LogP contribution in [0.5, 0.6) is 0 Å². The number of aromatic nitrogens is 1. The van der Waals surface area contributed by atoms with Gasteiger partial charge in [-0.1, -0.05) is 47.5 Å². The molecule has 0 amide bonds. The van der Waals surface area contributed by atoms with Crippen molar-refractivity contribution in [3.8, 4) is 11.3 Å². The fourth-order valence-electron chi connectivity index (χ4n) is 2.94. The van der Waals surface area contributed by atoms with Gasteiger partial charge in [-0.05, 0) is 31.2 Å². The molecule has 0 radical (unpaired) electrons. The van der Waals surface area contributed by atoms with Crippen molar-refractivity contribution < 1.29 is 0 Å². The number of nitrogens with zero attached hydrogens (tertiary/aromatic N) is 1.